The van der Waals surface area contributed by atoms with Gasteiger partial charge >= 0.3 is 12.0 Å². The van der Waals surface area contributed by atoms with Crippen LogP contribution in [0.4, 0.5) is 4.79 Å². The Morgan fingerprint density at radius 2 is 2.05 bits per heavy atom. The first kappa shape index (κ1) is 14.2. The highest BCUT2D eigenvalue weighted by atomic mass is 16.4. The van der Waals surface area contributed by atoms with E-state index in [1.165, 1.54) is 6.42 Å². The minimum absolute atomic E-state index is 0.0307. The molecule has 19 heavy (non-hydrogen) atoms. The van der Waals surface area contributed by atoms with Crippen molar-refractivity contribution in [3.63, 3.8) is 0 Å². The number of rotatable bonds is 2. The van der Waals surface area contributed by atoms with E-state index < -0.39 is 11.4 Å². The van der Waals surface area contributed by atoms with E-state index >= 15 is 0 Å². The van der Waals surface area contributed by atoms with Gasteiger partial charge in [-0.1, -0.05) is 13.3 Å². The molecular formula is C14H24N2O3. The zero-order valence-electron chi connectivity index (χ0n) is 11.9. The van der Waals surface area contributed by atoms with Crippen molar-refractivity contribution in [3.05, 3.63) is 0 Å². The number of urea groups is 1. The summed E-state index contributed by atoms with van der Waals surface area (Å²) in [7, 11) is 0. The van der Waals surface area contributed by atoms with Gasteiger partial charge in [0.05, 0.1) is 5.41 Å². The van der Waals surface area contributed by atoms with Crippen molar-refractivity contribution in [3.8, 4) is 0 Å². The highest BCUT2D eigenvalue weighted by Crippen LogP contribution is 2.31. The smallest absolute Gasteiger partial charge is 0.320 e. The molecule has 2 heterocycles. The van der Waals surface area contributed by atoms with Gasteiger partial charge in [0, 0.05) is 26.2 Å². The third-order valence-electron chi connectivity index (χ3n) is 4.63. The number of carbonyl (C=O) groups is 2. The Labute approximate surface area is 114 Å². The maximum Gasteiger partial charge on any atom is 0.320 e. The van der Waals surface area contributed by atoms with Crippen LogP contribution in [0.25, 0.3) is 0 Å². The van der Waals surface area contributed by atoms with E-state index in [0.29, 0.717) is 25.4 Å². The maximum absolute atomic E-state index is 12.4. The summed E-state index contributed by atoms with van der Waals surface area (Å²) >= 11 is 0. The second-order valence-corrected chi connectivity index (χ2v) is 6.18. The second-order valence-electron chi connectivity index (χ2n) is 6.18. The van der Waals surface area contributed by atoms with Crippen molar-refractivity contribution in [2.75, 3.05) is 26.2 Å². The van der Waals surface area contributed by atoms with Gasteiger partial charge in [-0.25, -0.2) is 4.79 Å². The van der Waals surface area contributed by atoms with Crippen molar-refractivity contribution >= 4 is 12.0 Å². The molecule has 0 bridgehead atoms. The van der Waals surface area contributed by atoms with Crippen LogP contribution in [-0.2, 0) is 4.79 Å². The van der Waals surface area contributed by atoms with Crippen LogP contribution in [0.3, 0.4) is 0 Å². The summed E-state index contributed by atoms with van der Waals surface area (Å²) in [6.07, 6.45) is 3.93. The zero-order chi connectivity index (χ0) is 14.0. The molecule has 0 aromatic carbocycles. The molecule has 0 radical (unpaired) electrons. The normalized spacial score (nSPS) is 31.6. The molecule has 0 aromatic rings. The molecule has 2 atom stereocenters. The summed E-state index contributed by atoms with van der Waals surface area (Å²) in [5, 5.41) is 9.21. The molecule has 0 aliphatic carbocycles. The van der Waals surface area contributed by atoms with Gasteiger partial charge in [-0.3, -0.25) is 4.79 Å². The Morgan fingerprint density at radius 3 is 2.63 bits per heavy atom. The zero-order valence-corrected chi connectivity index (χ0v) is 11.9. The van der Waals surface area contributed by atoms with E-state index in [0.717, 1.165) is 25.9 Å². The largest absolute Gasteiger partial charge is 0.481 e. The first-order valence-corrected chi connectivity index (χ1v) is 7.23. The van der Waals surface area contributed by atoms with Gasteiger partial charge in [-0.2, -0.15) is 0 Å². The number of aliphatic carboxylic acids is 1. The molecule has 0 saturated carbocycles. The van der Waals surface area contributed by atoms with Crippen LogP contribution in [0.15, 0.2) is 0 Å². The predicted octanol–water partition coefficient (Wildman–Crippen LogP) is 2.03. The number of carbonyl (C=O) groups excluding carboxylic acids is 1. The first-order valence-electron chi connectivity index (χ1n) is 7.23. The van der Waals surface area contributed by atoms with Crippen LogP contribution >= 0.6 is 0 Å². The molecule has 5 heteroatoms. The summed E-state index contributed by atoms with van der Waals surface area (Å²) in [4.78, 5) is 27.3. The van der Waals surface area contributed by atoms with Gasteiger partial charge < -0.3 is 14.9 Å². The fourth-order valence-electron chi connectivity index (χ4n) is 3.07. The fourth-order valence-corrected chi connectivity index (χ4v) is 3.07. The lowest BCUT2D eigenvalue weighted by atomic mass is 9.90. The van der Waals surface area contributed by atoms with E-state index in [-0.39, 0.29) is 6.03 Å². The highest BCUT2D eigenvalue weighted by molar-refractivity contribution is 5.79. The summed E-state index contributed by atoms with van der Waals surface area (Å²) in [5.74, 6) is -0.195. The molecule has 2 aliphatic heterocycles. The van der Waals surface area contributed by atoms with Crippen molar-refractivity contribution in [2.24, 2.45) is 11.3 Å². The van der Waals surface area contributed by atoms with Crippen LogP contribution in [0.5, 0.6) is 0 Å². The highest BCUT2D eigenvalue weighted by Gasteiger charge is 2.43. The Hall–Kier alpha value is -1.26. The Bertz CT molecular complexity index is 372. The third-order valence-corrected chi connectivity index (χ3v) is 4.63. The Kier molecular flexibility index (Phi) is 4.02. The second kappa shape index (κ2) is 5.39. The van der Waals surface area contributed by atoms with Gasteiger partial charge in [0.1, 0.15) is 0 Å². The fraction of sp³-hybridized carbons (Fsp3) is 0.857. The summed E-state index contributed by atoms with van der Waals surface area (Å²) in [5.41, 5.74) is -0.768. The minimum Gasteiger partial charge on any atom is -0.481 e. The molecule has 0 spiro atoms. The monoisotopic (exact) mass is 268 g/mol. The van der Waals surface area contributed by atoms with Gasteiger partial charge in [0.25, 0.3) is 0 Å². The summed E-state index contributed by atoms with van der Waals surface area (Å²) < 4.78 is 0. The molecule has 2 amide bonds. The lowest BCUT2D eigenvalue weighted by molar-refractivity contribution is -0.147. The SMILES string of the molecule is CCC1CCCN(C(=O)N2CCC(C)(C(=O)O)C2)C1. The molecule has 108 valence electrons. The lowest BCUT2D eigenvalue weighted by Crippen LogP contribution is -2.47. The van der Waals surface area contributed by atoms with E-state index in [9.17, 15) is 14.7 Å². The molecular weight excluding hydrogens is 244 g/mol. The molecule has 2 fully saturated rings. The summed E-state index contributed by atoms with van der Waals surface area (Å²) in [6, 6.07) is 0.0307. The van der Waals surface area contributed by atoms with Crippen molar-refractivity contribution in [1.29, 1.82) is 0 Å². The standard InChI is InChI=1S/C14H24N2O3/c1-3-11-5-4-7-15(9-11)13(19)16-8-6-14(2,10-16)12(17)18/h11H,3-10H2,1-2H3,(H,17,18). The Balaban J connectivity index is 1.96. The van der Waals surface area contributed by atoms with Gasteiger partial charge in [-0.15, -0.1) is 0 Å². The van der Waals surface area contributed by atoms with Crippen molar-refractivity contribution in [2.45, 2.75) is 39.5 Å². The number of hydrogen-bond acceptors (Lipinski definition) is 2. The average Bonchev–Trinajstić information content (AvgIpc) is 2.82. The van der Waals surface area contributed by atoms with E-state index in [1.54, 1.807) is 11.8 Å². The van der Waals surface area contributed by atoms with E-state index in [2.05, 4.69) is 6.92 Å². The van der Waals surface area contributed by atoms with Crippen LogP contribution in [0, 0.1) is 11.3 Å². The van der Waals surface area contributed by atoms with Crippen molar-refractivity contribution in [1.82, 2.24) is 9.80 Å². The molecule has 1 N–H and O–H groups in total. The molecule has 2 aliphatic rings. The van der Waals surface area contributed by atoms with Crippen LogP contribution < -0.4 is 0 Å². The maximum atomic E-state index is 12.4. The number of hydrogen-bond donors (Lipinski definition) is 1. The van der Waals surface area contributed by atoms with Crippen LogP contribution in [-0.4, -0.2) is 53.1 Å². The number of likely N-dealkylation sites (tertiary alicyclic amines) is 2. The predicted molar refractivity (Wildman–Crippen MR) is 71.9 cm³/mol. The number of piperidine rings is 1. The third kappa shape index (κ3) is 2.85. The number of carboxylic acids is 1. The molecule has 5 nitrogen and oxygen atoms in total. The quantitative estimate of drug-likeness (QED) is 0.833. The molecule has 2 saturated heterocycles. The van der Waals surface area contributed by atoms with Gasteiger partial charge in [0.15, 0.2) is 0 Å². The molecule has 0 aromatic heterocycles. The van der Waals surface area contributed by atoms with Crippen LogP contribution in [0.1, 0.15) is 39.5 Å². The average molecular weight is 268 g/mol. The van der Waals surface area contributed by atoms with Crippen LogP contribution in [0.2, 0.25) is 0 Å². The number of amides is 2. The lowest BCUT2D eigenvalue weighted by Gasteiger charge is -2.35. The molecule has 2 unspecified atom stereocenters. The number of nitrogens with zero attached hydrogens (tertiary/aromatic N) is 2. The van der Waals surface area contributed by atoms with Gasteiger partial charge in [0.2, 0.25) is 0 Å². The van der Waals surface area contributed by atoms with Gasteiger partial charge in [-0.05, 0) is 32.1 Å². The Morgan fingerprint density at radius 1 is 1.32 bits per heavy atom. The number of carboxylic acid groups (broad SMARTS) is 1. The van der Waals surface area contributed by atoms with E-state index in [1.807, 2.05) is 4.90 Å². The molecule has 2 rings (SSSR count). The summed E-state index contributed by atoms with van der Waals surface area (Å²) in [6.45, 7) is 6.44. The van der Waals surface area contributed by atoms with Crippen molar-refractivity contribution < 1.29 is 14.7 Å². The minimum atomic E-state index is -0.798. The topological polar surface area (TPSA) is 60.9 Å². The first-order chi connectivity index (χ1) is 8.96. The van der Waals surface area contributed by atoms with E-state index in [4.69, 9.17) is 0 Å².